The van der Waals surface area contributed by atoms with Gasteiger partial charge in [0.25, 0.3) is 0 Å². The van der Waals surface area contributed by atoms with E-state index in [0.29, 0.717) is 0 Å². The summed E-state index contributed by atoms with van der Waals surface area (Å²) in [5.41, 5.74) is 7.96. The second-order valence-corrected chi connectivity index (χ2v) is 2.97. The lowest BCUT2D eigenvalue weighted by atomic mass is 10.1. The molecule has 0 spiro atoms. The molecular formula is C10H15N3. The van der Waals surface area contributed by atoms with Crippen molar-refractivity contribution in [3.63, 3.8) is 0 Å². The second kappa shape index (κ2) is 3.58. The zero-order valence-corrected chi connectivity index (χ0v) is 6.91. The van der Waals surface area contributed by atoms with Gasteiger partial charge in [-0.1, -0.05) is 25.6 Å². The van der Waals surface area contributed by atoms with Gasteiger partial charge in [0, 0.05) is 11.4 Å². The van der Waals surface area contributed by atoms with Crippen molar-refractivity contribution in [3.8, 4) is 0 Å². The number of hydrogen-bond donors (Lipinski definition) is 2. The highest BCUT2D eigenvalue weighted by Crippen LogP contribution is 2.19. The van der Waals surface area contributed by atoms with Crippen molar-refractivity contribution >= 4 is 10.9 Å². The summed E-state index contributed by atoms with van der Waals surface area (Å²) in [5, 5.41) is 8.02. The standard InChI is InChI=1S/C9H11N3.CH4/c1-6(10)8-4-2-3-7-5-11-12-9(7)8;/h2-6H,10H2,1H3,(H,11,12);1H4. The summed E-state index contributed by atoms with van der Waals surface area (Å²) < 4.78 is 0. The zero-order chi connectivity index (χ0) is 8.55. The Hall–Kier alpha value is -1.35. The smallest absolute Gasteiger partial charge is 0.0697 e. The number of aromatic amines is 1. The Morgan fingerprint density at radius 1 is 1.46 bits per heavy atom. The van der Waals surface area contributed by atoms with E-state index in [1.165, 1.54) is 0 Å². The van der Waals surface area contributed by atoms with Gasteiger partial charge in [0.15, 0.2) is 0 Å². The minimum atomic E-state index is 0. The van der Waals surface area contributed by atoms with E-state index in [0.717, 1.165) is 16.5 Å². The molecule has 0 fully saturated rings. The molecule has 1 atom stereocenters. The molecule has 1 aromatic heterocycles. The third-order valence-electron chi connectivity index (χ3n) is 2.00. The average molecular weight is 177 g/mol. The minimum absolute atomic E-state index is 0. The van der Waals surface area contributed by atoms with Crippen LogP contribution in [0.1, 0.15) is 26.0 Å². The van der Waals surface area contributed by atoms with Crippen molar-refractivity contribution in [2.45, 2.75) is 20.4 Å². The van der Waals surface area contributed by atoms with E-state index in [2.05, 4.69) is 10.2 Å². The lowest BCUT2D eigenvalue weighted by molar-refractivity contribution is 0.823. The molecule has 1 heterocycles. The van der Waals surface area contributed by atoms with Gasteiger partial charge in [0.1, 0.15) is 0 Å². The van der Waals surface area contributed by atoms with Crippen molar-refractivity contribution in [1.82, 2.24) is 10.2 Å². The summed E-state index contributed by atoms with van der Waals surface area (Å²) in [6, 6.07) is 6.08. The molecule has 2 rings (SSSR count). The Bertz CT molecular complexity index is 390. The van der Waals surface area contributed by atoms with Crippen LogP contribution in [0.5, 0.6) is 0 Å². The van der Waals surface area contributed by atoms with Crippen LogP contribution in [0.3, 0.4) is 0 Å². The molecule has 0 bridgehead atoms. The fourth-order valence-corrected chi connectivity index (χ4v) is 1.37. The lowest BCUT2D eigenvalue weighted by Gasteiger charge is -2.05. The lowest BCUT2D eigenvalue weighted by Crippen LogP contribution is -2.05. The number of nitrogens with two attached hydrogens (primary N) is 1. The third-order valence-corrected chi connectivity index (χ3v) is 2.00. The number of H-pyrrole nitrogens is 1. The highest BCUT2D eigenvalue weighted by atomic mass is 15.1. The van der Waals surface area contributed by atoms with Gasteiger partial charge in [-0.05, 0) is 12.5 Å². The molecule has 3 N–H and O–H groups in total. The molecule has 1 aromatic carbocycles. The third kappa shape index (κ3) is 1.55. The Kier molecular flexibility index (Phi) is 2.68. The molecule has 13 heavy (non-hydrogen) atoms. The molecule has 2 aromatic rings. The van der Waals surface area contributed by atoms with Gasteiger partial charge in [-0.2, -0.15) is 5.10 Å². The van der Waals surface area contributed by atoms with E-state index >= 15 is 0 Å². The summed E-state index contributed by atoms with van der Waals surface area (Å²) in [7, 11) is 0. The van der Waals surface area contributed by atoms with Crippen molar-refractivity contribution in [1.29, 1.82) is 0 Å². The Morgan fingerprint density at radius 2 is 2.23 bits per heavy atom. The predicted molar refractivity (Wildman–Crippen MR) is 55.4 cm³/mol. The highest BCUT2D eigenvalue weighted by molar-refractivity contribution is 5.81. The molecule has 0 aliphatic heterocycles. The molecule has 0 aliphatic carbocycles. The number of aromatic nitrogens is 2. The Labute approximate surface area is 78.0 Å². The number of nitrogens with zero attached hydrogens (tertiary/aromatic N) is 1. The van der Waals surface area contributed by atoms with Gasteiger partial charge in [0.05, 0.1) is 11.7 Å². The average Bonchev–Trinajstić information content (AvgIpc) is 2.49. The summed E-state index contributed by atoms with van der Waals surface area (Å²) in [6.45, 7) is 1.97. The number of nitrogens with one attached hydrogen (secondary N) is 1. The number of rotatable bonds is 1. The number of benzene rings is 1. The van der Waals surface area contributed by atoms with Gasteiger partial charge in [-0.25, -0.2) is 0 Å². The summed E-state index contributed by atoms with van der Waals surface area (Å²) >= 11 is 0. The van der Waals surface area contributed by atoms with E-state index in [-0.39, 0.29) is 13.5 Å². The monoisotopic (exact) mass is 177 g/mol. The van der Waals surface area contributed by atoms with Gasteiger partial charge in [-0.15, -0.1) is 0 Å². The Balaban J connectivity index is 0.000000845. The van der Waals surface area contributed by atoms with Crippen LogP contribution in [0.2, 0.25) is 0 Å². The first kappa shape index (κ1) is 9.74. The molecule has 0 saturated carbocycles. The zero-order valence-electron chi connectivity index (χ0n) is 6.91. The maximum atomic E-state index is 5.79. The number of para-hydroxylation sites is 1. The van der Waals surface area contributed by atoms with Crippen LogP contribution in [0.25, 0.3) is 10.9 Å². The predicted octanol–water partition coefficient (Wildman–Crippen LogP) is 2.22. The van der Waals surface area contributed by atoms with Crippen LogP contribution < -0.4 is 5.73 Å². The molecule has 0 saturated heterocycles. The number of hydrogen-bond acceptors (Lipinski definition) is 2. The van der Waals surface area contributed by atoms with Gasteiger partial charge >= 0.3 is 0 Å². The SMILES string of the molecule is C.CC(N)c1cccc2cn[nH]c12. The quantitative estimate of drug-likeness (QED) is 0.701. The molecule has 3 nitrogen and oxygen atoms in total. The van der Waals surface area contributed by atoms with Crippen LogP contribution >= 0.6 is 0 Å². The van der Waals surface area contributed by atoms with E-state index in [1.807, 2.05) is 25.1 Å². The van der Waals surface area contributed by atoms with Gasteiger partial charge in [0.2, 0.25) is 0 Å². The molecule has 70 valence electrons. The minimum Gasteiger partial charge on any atom is -0.324 e. The normalized spacial score (nSPS) is 12.5. The first-order chi connectivity index (χ1) is 5.79. The topological polar surface area (TPSA) is 54.7 Å². The molecular weight excluding hydrogens is 162 g/mol. The largest absolute Gasteiger partial charge is 0.324 e. The van der Waals surface area contributed by atoms with Crippen LogP contribution in [0, 0.1) is 0 Å². The molecule has 0 radical (unpaired) electrons. The molecule has 3 heteroatoms. The molecule has 1 unspecified atom stereocenters. The van der Waals surface area contributed by atoms with Crippen molar-refractivity contribution in [2.75, 3.05) is 0 Å². The maximum Gasteiger partial charge on any atom is 0.0697 e. The van der Waals surface area contributed by atoms with Crippen molar-refractivity contribution in [2.24, 2.45) is 5.73 Å². The van der Waals surface area contributed by atoms with Gasteiger partial charge < -0.3 is 5.73 Å². The van der Waals surface area contributed by atoms with E-state index in [4.69, 9.17) is 5.73 Å². The first-order valence-corrected chi connectivity index (χ1v) is 3.96. The van der Waals surface area contributed by atoms with E-state index < -0.39 is 0 Å². The maximum absolute atomic E-state index is 5.79. The summed E-state index contributed by atoms with van der Waals surface area (Å²) in [5.74, 6) is 0. The van der Waals surface area contributed by atoms with Crippen molar-refractivity contribution < 1.29 is 0 Å². The first-order valence-electron chi connectivity index (χ1n) is 3.96. The van der Waals surface area contributed by atoms with E-state index in [1.54, 1.807) is 6.20 Å². The van der Waals surface area contributed by atoms with E-state index in [9.17, 15) is 0 Å². The van der Waals surface area contributed by atoms with Gasteiger partial charge in [-0.3, -0.25) is 5.10 Å². The number of fused-ring (bicyclic) bond motifs is 1. The highest BCUT2D eigenvalue weighted by Gasteiger charge is 2.05. The van der Waals surface area contributed by atoms with Crippen LogP contribution in [0.15, 0.2) is 24.4 Å². The summed E-state index contributed by atoms with van der Waals surface area (Å²) in [4.78, 5) is 0. The van der Waals surface area contributed by atoms with Crippen LogP contribution in [0.4, 0.5) is 0 Å². The second-order valence-electron chi connectivity index (χ2n) is 2.97. The van der Waals surface area contributed by atoms with Crippen LogP contribution in [-0.2, 0) is 0 Å². The summed E-state index contributed by atoms with van der Waals surface area (Å²) in [6.07, 6.45) is 1.81. The molecule has 0 amide bonds. The van der Waals surface area contributed by atoms with Crippen LogP contribution in [-0.4, -0.2) is 10.2 Å². The fourth-order valence-electron chi connectivity index (χ4n) is 1.37. The fraction of sp³-hybridized carbons (Fsp3) is 0.300. The van der Waals surface area contributed by atoms with Crippen molar-refractivity contribution in [3.05, 3.63) is 30.0 Å². The molecule has 0 aliphatic rings. The Morgan fingerprint density at radius 3 is 2.92 bits per heavy atom.